The summed E-state index contributed by atoms with van der Waals surface area (Å²) in [5.41, 5.74) is 3.49. The monoisotopic (exact) mass is 284 g/mol. The van der Waals surface area contributed by atoms with Crippen molar-refractivity contribution in [2.75, 3.05) is 0 Å². The van der Waals surface area contributed by atoms with Gasteiger partial charge in [-0.1, -0.05) is 35.9 Å². The first-order valence-electron chi connectivity index (χ1n) is 6.78. The quantitative estimate of drug-likeness (QED) is 0.689. The Morgan fingerprint density at radius 3 is 2.95 bits per heavy atom. The fraction of sp³-hybridized carbons (Fsp3) is 0.267. The Balaban J connectivity index is 1.90. The van der Waals surface area contributed by atoms with Crippen LogP contribution in [0.5, 0.6) is 0 Å². The van der Waals surface area contributed by atoms with Crippen LogP contribution in [0, 0.1) is 0 Å². The number of halogens is 1. The van der Waals surface area contributed by atoms with E-state index in [1.807, 2.05) is 6.07 Å². The molecule has 1 aromatic carbocycles. The Morgan fingerprint density at radius 2 is 2.00 bits per heavy atom. The van der Waals surface area contributed by atoms with Crippen LogP contribution < -0.4 is 0 Å². The number of hydrogen-bond acceptors (Lipinski definition) is 3. The van der Waals surface area contributed by atoms with Crippen molar-refractivity contribution in [1.29, 1.82) is 0 Å². The maximum Gasteiger partial charge on any atom is 0.178 e. The summed E-state index contributed by atoms with van der Waals surface area (Å²) < 4.78 is 1.77. The van der Waals surface area contributed by atoms with Gasteiger partial charge in [0.15, 0.2) is 11.5 Å². The first kappa shape index (κ1) is 11.9. The van der Waals surface area contributed by atoms with Crippen molar-refractivity contribution < 1.29 is 0 Å². The molecule has 0 N–H and O–H groups in total. The summed E-state index contributed by atoms with van der Waals surface area (Å²) in [6, 6.07) is 12.2. The Labute approximate surface area is 121 Å². The fourth-order valence-electron chi connectivity index (χ4n) is 3.02. The first-order valence-corrected chi connectivity index (χ1v) is 7.16. The number of hydrogen-bond donors (Lipinski definition) is 0. The first-order chi connectivity index (χ1) is 9.83. The largest absolute Gasteiger partial charge is 0.195 e. The normalized spacial score (nSPS) is 18.1. The molecular weight excluding hydrogens is 272 g/mol. The van der Waals surface area contributed by atoms with E-state index in [0.29, 0.717) is 5.15 Å². The van der Waals surface area contributed by atoms with E-state index < -0.39 is 0 Å². The lowest BCUT2D eigenvalue weighted by atomic mass is 9.82. The topological polar surface area (TPSA) is 43.1 Å². The highest BCUT2D eigenvalue weighted by Crippen LogP contribution is 2.35. The van der Waals surface area contributed by atoms with Gasteiger partial charge in [-0.2, -0.15) is 9.61 Å². The lowest BCUT2D eigenvalue weighted by molar-refractivity contribution is 0.577. The molecule has 0 aliphatic heterocycles. The minimum atomic E-state index is 0.251. The minimum Gasteiger partial charge on any atom is -0.195 e. The third-order valence-electron chi connectivity index (χ3n) is 3.94. The lowest BCUT2D eigenvalue weighted by Crippen LogP contribution is -2.14. The summed E-state index contributed by atoms with van der Waals surface area (Å²) in [6.45, 7) is 0. The highest BCUT2D eigenvalue weighted by Gasteiger charge is 2.26. The van der Waals surface area contributed by atoms with Gasteiger partial charge in [0.2, 0.25) is 0 Å². The summed E-state index contributed by atoms with van der Waals surface area (Å²) in [4.78, 5) is 0. The second-order valence-corrected chi connectivity index (χ2v) is 5.52. The van der Waals surface area contributed by atoms with Crippen LogP contribution in [0.1, 0.15) is 35.7 Å². The number of rotatable bonds is 1. The maximum atomic E-state index is 6.00. The van der Waals surface area contributed by atoms with E-state index in [1.54, 1.807) is 10.6 Å². The van der Waals surface area contributed by atoms with E-state index in [2.05, 4.69) is 39.6 Å². The summed E-state index contributed by atoms with van der Waals surface area (Å²) in [6.07, 6.45) is 3.38. The summed E-state index contributed by atoms with van der Waals surface area (Å²) in [5.74, 6) is 1.13. The molecule has 3 aromatic rings. The standard InChI is InChI=1S/C15H13ClN4/c16-13-8-9-14-17-18-15(20(14)19-13)12-7-3-5-10-4-1-2-6-11(10)12/h1-2,4,6,8-9,12H,3,5,7H2. The molecule has 0 spiro atoms. The molecule has 0 fully saturated rings. The van der Waals surface area contributed by atoms with Gasteiger partial charge in [-0.05, 0) is 42.5 Å². The van der Waals surface area contributed by atoms with Crippen LogP contribution in [0.15, 0.2) is 36.4 Å². The van der Waals surface area contributed by atoms with E-state index in [-0.39, 0.29) is 5.92 Å². The molecule has 4 nitrogen and oxygen atoms in total. The van der Waals surface area contributed by atoms with Crippen molar-refractivity contribution in [3.63, 3.8) is 0 Å². The van der Waals surface area contributed by atoms with Crippen molar-refractivity contribution in [3.8, 4) is 0 Å². The molecule has 1 aliphatic rings. The van der Waals surface area contributed by atoms with E-state index in [0.717, 1.165) is 30.7 Å². The number of benzene rings is 1. The van der Waals surface area contributed by atoms with Gasteiger partial charge in [0.25, 0.3) is 0 Å². The number of fused-ring (bicyclic) bond motifs is 2. The maximum absolute atomic E-state index is 6.00. The van der Waals surface area contributed by atoms with Crippen LogP contribution >= 0.6 is 11.6 Å². The summed E-state index contributed by atoms with van der Waals surface area (Å²) >= 11 is 6.00. The van der Waals surface area contributed by atoms with Crippen LogP contribution in [0.2, 0.25) is 5.15 Å². The molecule has 1 atom stereocenters. The molecule has 0 bridgehead atoms. The van der Waals surface area contributed by atoms with Gasteiger partial charge in [0.05, 0.1) is 0 Å². The predicted octanol–water partition coefficient (Wildman–Crippen LogP) is 3.25. The zero-order valence-electron chi connectivity index (χ0n) is 10.8. The highest BCUT2D eigenvalue weighted by molar-refractivity contribution is 6.29. The number of aryl methyl sites for hydroxylation is 1. The molecule has 20 heavy (non-hydrogen) atoms. The van der Waals surface area contributed by atoms with Crippen molar-refractivity contribution in [1.82, 2.24) is 19.8 Å². The second kappa shape index (κ2) is 4.56. The smallest absolute Gasteiger partial charge is 0.178 e. The van der Waals surface area contributed by atoms with Gasteiger partial charge in [-0.25, -0.2) is 0 Å². The Morgan fingerprint density at radius 1 is 1.10 bits per heavy atom. The fourth-order valence-corrected chi connectivity index (χ4v) is 3.16. The number of nitrogens with zero attached hydrogens (tertiary/aromatic N) is 4. The van der Waals surface area contributed by atoms with Gasteiger partial charge in [0, 0.05) is 5.92 Å². The average molecular weight is 285 g/mol. The highest BCUT2D eigenvalue weighted by atomic mass is 35.5. The van der Waals surface area contributed by atoms with Crippen LogP contribution in [-0.4, -0.2) is 19.8 Å². The zero-order valence-corrected chi connectivity index (χ0v) is 11.6. The Bertz CT molecular complexity index is 780. The van der Waals surface area contributed by atoms with Crippen molar-refractivity contribution in [3.05, 3.63) is 58.5 Å². The molecule has 5 heteroatoms. The summed E-state index contributed by atoms with van der Waals surface area (Å²) in [5, 5.41) is 13.4. The van der Waals surface area contributed by atoms with E-state index >= 15 is 0 Å². The van der Waals surface area contributed by atoms with Crippen molar-refractivity contribution in [2.45, 2.75) is 25.2 Å². The molecule has 0 radical (unpaired) electrons. The van der Waals surface area contributed by atoms with Crippen LogP contribution in [0.3, 0.4) is 0 Å². The van der Waals surface area contributed by atoms with Gasteiger partial charge in [0.1, 0.15) is 5.15 Å². The van der Waals surface area contributed by atoms with Gasteiger partial charge in [-0.3, -0.25) is 0 Å². The van der Waals surface area contributed by atoms with E-state index in [1.165, 1.54) is 11.1 Å². The molecule has 0 amide bonds. The van der Waals surface area contributed by atoms with Crippen LogP contribution in [-0.2, 0) is 6.42 Å². The Kier molecular flexibility index (Phi) is 2.70. The molecule has 1 unspecified atom stereocenters. The molecule has 0 saturated carbocycles. The third kappa shape index (κ3) is 1.79. The molecule has 1 aliphatic carbocycles. The van der Waals surface area contributed by atoms with Crippen molar-refractivity contribution >= 4 is 17.2 Å². The minimum absolute atomic E-state index is 0.251. The third-order valence-corrected chi connectivity index (χ3v) is 4.14. The van der Waals surface area contributed by atoms with Crippen LogP contribution in [0.4, 0.5) is 0 Å². The Hall–Kier alpha value is -1.94. The number of aromatic nitrogens is 4. The molecular formula is C15H13ClN4. The van der Waals surface area contributed by atoms with Gasteiger partial charge >= 0.3 is 0 Å². The van der Waals surface area contributed by atoms with E-state index in [4.69, 9.17) is 11.6 Å². The predicted molar refractivity (Wildman–Crippen MR) is 77.0 cm³/mol. The lowest BCUT2D eigenvalue weighted by Gasteiger charge is -2.23. The van der Waals surface area contributed by atoms with Crippen LogP contribution in [0.25, 0.3) is 5.65 Å². The molecule has 0 saturated heterocycles. The molecule has 4 rings (SSSR count). The molecule has 2 aromatic heterocycles. The SMILES string of the molecule is Clc1ccc2nnc(C3CCCc4ccccc43)n2n1. The van der Waals surface area contributed by atoms with Crippen molar-refractivity contribution in [2.24, 2.45) is 0 Å². The molecule has 2 heterocycles. The van der Waals surface area contributed by atoms with Gasteiger partial charge in [-0.15, -0.1) is 10.2 Å². The molecule has 100 valence electrons. The average Bonchev–Trinajstić information content (AvgIpc) is 2.89. The second-order valence-electron chi connectivity index (χ2n) is 5.13. The zero-order chi connectivity index (χ0) is 13.5. The summed E-state index contributed by atoms with van der Waals surface area (Å²) in [7, 11) is 0. The van der Waals surface area contributed by atoms with Gasteiger partial charge < -0.3 is 0 Å². The van der Waals surface area contributed by atoms with E-state index in [9.17, 15) is 0 Å².